The molecule has 0 saturated carbocycles. The minimum atomic E-state index is 0.531. The highest BCUT2D eigenvalue weighted by molar-refractivity contribution is 7.17. The van der Waals surface area contributed by atoms with E-state index in [4.69, 9.17) is 0 Å². The van der Waals surface area contributed by atoms with Gasteiger partial charge in [-0.3, -0.25) is 0 Å². The van der Waals surface area contributed by atoms with Gasteiger partial charge < -0.3 is 5.32 Å². The minimum Gasteiger partial charge on any atom is -0.340 e. The van der Waals surface area contributed by atoms with Crippen LogP contribution >= 0.6 is 11.3 Å². The number of hydrogen-bond donors (Lipinski definition) is 1. The fourth-order valence-corrected chi connectivity index (χ4v) is 4.33. The molecular weight excluding hydrogens is 350 g/mol. The molecule has 0 spiro atoms. The molecule has 1 N–H and O–H groups in total. The Bertz CT molecular complexity index is 1070. The smallest absolute Gasteiger partial charge is 0.143 e. The summed E-state index contributed by atoms with van der Waals surface area (Å²) in [4.78, 5) is 10.0. The minimum absolute atomic E-state index is 0.531. The molecule has 2 heterocycles. The summed E-state index contributed by atoms with van der Waals surface area (Å²) in [6.07, 6.45) is 1.63. The van der Waals surface area contributed by atoms with Gasteiger partial charge in [0, 0.05) is 16.6 Å². The highest BCUT2D eigenvalue weighted by atomic mass is 32.1. The first kappa shape index (κ1) is 17.7. The van der Waals surface area contributed by atoms with Gasteiger partial charge >= 0.3 is 0 Å². The van der Waals surface area contributed by atoms with Crippen molar-refractivity contribution in [2.75, 3.05) is 5.32 Å². The largest absolute Gasteiger partial charge is 0.340 e. The summed E-state index contributed by atoms with van der Waals surface area (Å²) in [7, 11) is 0. The molecule has 0 aliphatic heterocycles. The summed E-state index contributed by atoms with van der Waals surface area (Å²) < 4.78 is 0. The number of nitrogens with zero attached hydrogens (tertiary/aromatic N) is 2. The number of hydrogen-bond acceptors (Lipinski definition) is 4. The second kappa shape index (κ2) is 7.12. The molecule has 136 valence electrons. The maximum absolute atomic E-state index is 4.55. The van der Waals surface area contributed by atoms with E-state index in [1.54, 1.807) is 17.7 Å². The Balaban J connectivity index is 1.79. The molecule has 2 aromatic carbocycles. The van der Waals surface area contributed by atoms with Crippen LogP contribution in [0, 0.1) is 13.8 Å². The van der Waals surface area contributed by atoms with Crippen molar-refractivity contribution in [1.29, 1.82) is 0 Å². The van der Waals surface area contributed by atoms with E-state index < -0.39 is 0 Å². The molecule has 0 unspecified atom stereocenters. The van der Waals surface area contributed by atoms with Crippen molar-refractivity contribution in [3.05, 3.63) is 70.9 Å². The Hall–Kier alpha value is -2.72. The standard InChI is InChI=1S/C23H23N3S/c1-14(2)17-5-7-18(8-6-17)20-12-27-23-21(20)22(24-13-25-23)26-19-10-15(3)9-16(4)11-19/h5-14H,1-4H3,(H,24,25,26). The third-order valence-electron chi connectivity index (χ3n) is 4.74. The van der Waals surface area contributed by atoms with Crippen molar-refractivity contribution in [2.24, 2.45) is 0 Å². The van der Waals surface area contributed by atoms with E-state index >= 15 is 0 Å². The number of aryl methyl sites for hydroxylation is 2. The van der Waals surface area contributed by atoms with Crippen LogP contribution in [0.3, 0.4) is 0 Å². The van der Waals surface area contributed by atoms with Crippen molar-refractivity contribution in [2.45, 2.75) is 33.6 Å². The van der Waals surface area contributed by atoms with Crippen LogP contribution < -0.4 is 5.32 Å². The predicted octanol–water partition coefficient (Wildman–Crippen LogP) is 6.84. The van der Waals surface area contributed by atoms with Gasteiger partial charge in [0.1, 0.15) is 17.0 Å². The average molecular weight is 374 g/mol. The summed E-state index contributed by atoms with van der Waals surface area (Å²) >= 11 is 1.66. The van der Waals surface area contributed by atoms with Crippen LogP contribution in [0.4, 0.5) is 11.5 Å². The fraction of sp³-hybridized carbons (Fsp3) is 0.217. The Morgan fingerprint density at radius 1 is 0.926 bits per heavy atom. The summed E-state index contributed by atoms with van der Waals surface area (Å²) in [6.45, 7) is 8.66. The van der Waals surface area contributed by atoms with Gasteiger partial charge in [-0.25, -0.2) is 9.97 Å². The Morgan fingerprint density at radius 3 is 2.30 bits per heavy atom. The number of fused-ring (bicyclic) bond motifs is 1. The maximum Gasteiger partial charge on any atom is 0.143 e. The Kier molecular flexibility index (Phi) is 4.66. The molecular formula is C23H23N3S. The van der Waals surface area contributed by atoms with Gasteiger partial charge in [-0.15, -0.1) is 11.3 Å². The number of nitrogens with one attached hydrogen (secondary N) is 1. The molecule has 0 bridgehead atoms. The van der Waals surface area contributed by atoms with Crippen LogP contribution in [0.2, 0.25) is 0 Å². The lowest BCUT2D eigenvalue weighted by atomic mass is 9.99. The summed E-state index contributed by atoms with van der Waals surface area (Å²) in [5.74, 6) is 1.39. The van der Waals surface area contributed by atoms with Crippen LogP contribution in [0.5, 0.6) is 0 Å². The number of aromatic nitrogens is 2. The first-order chi connectivity index (χ1) is 13.0. The number of thiophene rings is 1. The van der Waals surface area contributed by atoms with Gasteiger partial charge in [-0.1, -0.05) is 44.2 Å². The summed E-state index contributed by atoms with van der Waals surface area (Å²) in [6, 6.07) is 15.3. The van der Waals surface area contributed by atoms with Gasteiger partial charge in [-0.05, 0) is 54.2 Å². The van der Waals surface area contributed by atoms with Crippen LogP contribution in [0.1, 0.15) is 36.5 Å². The molecule has 0 atom stereocenters. The normalized spacial score (nSPS) is 11.3. The third kappa shape index (κ3) is 3.58. The zero-order chi connectivity index (χ0) is 19.0. The van der Waals surface area contributed by atoms with Crippen molar-refractivity contribution < 1.29 is 0 Å². The predicted molar refractivity (Wildman–Crippen MR) is 116 cm³/mol. The van der Waals surface area contributed by atoms with E-state index in [0.29, 0.717) is 5.92 Å². The average Bonchev–Trinajstić information content (AvgIpc) is 3.06. The van der Waals surface area contributed by atoms with Gasteiger partial charge in [0.25, 0.3) is 0 Å². The summed E-state index contributed by atoms with van der Waals surface area (Å²) in [5, 5.41) is 6.77. The molecule has 3 nitrogen and oxygen atoms in total. The molecule has 4 heteroatoms. The molecule has 4 aromatic rings. The summed E-state index contributed by atoms with van der Waals surface area (Å²) in [5.41, 5.74) is 7.25. The number of rotatable bonds is 4. The van der Waals surface area contributed by atoms with Crippen LogP contribution in [0.15, 0.2) is 54.2 Å². The quantitative estimate of drug-likeness (QED) is 0.425. The van der Waals surface area contributed by atoms with Crippen LogP contribution in [-0.2, 0) is 0 Å². The molecule has 0 saturated heterocycles. The highest BCUT2D eigenvalue weighted by Crippen LogP contribution is 2.37. The zero-order valence-corrected chi connectivity index (χ0v) is 16.9. The van der Waals surface area contributed by atoms with Gasteiger partial charge in [0.05, 0.1) is 5.39 Å². The third-order valence-corrected chi connectivity index (χ3v) is 5.63. The van der Waals surface area contributed by atoms with E-state index in [1.807, 2.05) is 0 Å². The van der Waals surface area contributed by atoms with E-state index in [2.05, 4.69) is 90.8 Å². The lowest BCUT2D eigenvalue weighted by Crippen LogP contribution is -1.96. The van der Waals surface area contributed by atoms with Gasteiger partial charge in [0.2, 0.25) is 0 Å². The monoisotopic (exact) mass is 373 g/mol. The van der Waals surface area contributed by atoms with Crippen molar-refractivity contribution in [3.63, 3.8) is 0 Å². The molecule has 0 aliphatic rings. The van der Waals surface area contributed by atoms with Crippen molar-refractivity contribution in [3.8, 4) is 11.1 Å². The van der Waals surface area contributed by atoms with E-state index in [9.17, 15) is 0 Å². The molecule has 0 aliphatic carbocycles. The van der Waals surface area contributed by atoms with Gasteiger partial charge in [-0.2, -0.15) is 0 Å². The molecule has 0 fully saturated rings. The Morgan fingerprint density at radius 2 is 1.63 bits per heavy atom. The molecule has 0 radical (unpaired) electrons. The number of benzene rings is 2. The topological polar surface area (TPSA) is 37.8 Å². The van der Waals surface area contributed by atoms with Gasteiger partial charge in [0.15, 0.2) is 0 Å². The molecule has 27 heavy (non-hydrogen) atoms. The van der Waals surface area contributed by atoms with Crippen molar-refractivity contribution in [1.82, 2.24) is 9.97 Å². The highest BCUT2D eigenvalue weighted by Gasteiger charge is 2.14. The first-order valence-corrected chi connectivity index (χ1v) is 10.1. The molecule has 2 aromatic heterocycles. The van der Waals surface area contributed by atoms with Crippen LogP contribution in [-0.4, -0.2) is 9.97 Å². The zero-order valence-electron chi connectivity index (χ0n) is 16.1. The van der Waals surface area contributed by atoms with E-state index in [1.165, 1.54) is 27.8 Å². The Labute approximate surface area is 164 Å². The van der Waals surface area contributed by atoms with E-state index in [-0.39, 0.29) is 0 Å². The lowest BCUT2D eigenvalue weighted by molar-refractivity contribution is 0.867. The van der Waals surface area contributed by atoms with Crippen molar-refractivity contribution >= 4 is 33.1 Å². The lowest BCUT2D eigenvalue weighted by Gasteiger charge is -2.11. The SMILES string of the molecule is Cc1cc(C)cc(Nc2ncnc3scc(-c4ccc(C(C)C)cc4)c23)c1. The maximum atomic E-state index is 4.55. The second-order valence-electron chi connectivity index (χ2n) is 7.33. The molecule has 0 amide bonds. The van der Waals surface area contributed by atoms with Crippen LogP contribution in [0.25, 0.3) is 21.3 Å². The first-order valence-electron chi connectivity index (χ1n) is 9.19. The second-order valence-corrected chi connectivity index (χ2v) is 8.19. The fourth-order valence-electron chi connectivity index (χ4n) is 3.41. The molecule has 4 rings (SSSR count). The van der Waals surface area contributed by atoms with E-state index in [0.717, 1.165) is 21.7 Å². The number of anilines is 2.